The van der Waals surface area contributed by atoms with Gasteiger partial charge in [0.25, 0.3) is 0 Å². The number of hydrogen-bond donors (Lipinski definition) is 0. The van der Waals surface area contributed by atoms with Gasteiger partial charge in [0.2, 0.25) is 0 Å². The Hall–Kier alpha value is -0.780. The molecule has 0 aliphatic carbocycles. The van der Waals surface area contributed by atoms with E-state index in [1.807, 2.05) is 20.8 Å². The van der Waals surface area contributed by atoms with Crippen LogP contribution < -0.4 is 0 Å². The molecule has 16 heavy (non-hydrogen) atoms. The number of carbonyl (C=O) groups is 1. The number of carbonyl (C=O) groups excluding carboxylic acids is 1. The minimum atomic E-state index is -0.457. The quantitative estimate of drug-likeness (QED) is 0.685. The third-order valence-corrected chi connectivity index (χ3v) is 3.23. The highest BCUT2D eigenvalue weighted by Gasteiger charge is 2.44. The first-order valence-corrected chi connectivity index (χ1v) is 6.03. The van der Waals surface area contributed by atoms with Crippen molar-refractivity contribution in [3.63, 3.8) is 0 Å². The van der Waals surface area contributed by atoms with Crippen LogP contribution in [0.5, 0.6) is 0 Å². The van der Waals surface area contributed by atoms with Gasteiger partial charge in [0, 0.05) is 6.54 Å². The Morgan fingerprint density at radius 1 is 1.56 bits per heavy atom. The van der Waals surface area contributed by atoms with Crippen LogP contribution in [0, 0.1) is 5.92 Å². The smallest absolute Gasteiger partial charge is 0.410 e. The molecule has 0 bridgehead atoms. The summed E-state index contributed by atoms with van der Waals surface area (Å²) in [5.41, 5.74) is -0.457. The molecular formula is C10H15BrN2O3. The van der Waals surface area contributed by atoms with Crippen LogP contribution >= 0.6 is 15.9 Å². The van der Waals surface area contributed by atoms with Gasteiger partial charge in [0.05, 0.1) is 12.5 Å². The maximum absolute atomic E-state index is 11.8. The van der Waals surface area contributed by atoms with Crippen LogP contribution in [0.4, 0.5) is 4.79 Å². The lowest BCUT2D eigenvalue weighted by atomic mass is 10.1. The molecule has 0 N–H and O–H groups in total. The molecule has 0 aromatic heterocycles. The Balaban J connectivity index is 1.94. The Bertz CT molecular complexity index is 337. The van der Waals surface area contributed by atoms with Crippen molar-refractivity contribution >= 4 is 26.6 Å². The number of rotatable bonds is 0. The van der Waals surface area contributed by atoms with E-state index in [0.717, 1.165) is 4.62 Å². The molecule has 0 spiro atoms. The number of amides is 1. The molecule has 1 saturated heterocycles. The number of nitrogens with zero attached hydrogens (tertiary/aromatic N) is 2. The minimum absolute atomic E-state index is 0.0260. The maximum Gasteiger partial charge on any atom is 0.410 e. The minimum Gasteiger partial charge on any atom is -0.444 e. The van der Waals surface area contributed by atoms with Gasteiger partial charge in [-0.05, 0) is 36.7 Å². The monoisotopic (exact) mass is 290 g/mol. The second-order valence-electron chi connectivity index (χ2n) is 5.05. The molecule has 0 radical (unpaired) electrons. The summed E-state index contributed by atoms with van der Waals surface area (Å²) in [6.07, 6.45) is -0.312. The fraction of sp³-hybridized carbons (Fsp3) is 0.800. The topological polar surface area (TPSA) is 51.1 Å². The molecule has 0 saturated carbocycles. The normalized spacial score (nSPS) is 28.5. The van der Waals surface area contributed by atoms with Crippen molar-refractivity contribution in [2.75, 3.05) is 13.1 Å². The zero-order valence-corrected chi connectivity index (χ0v) is 11.2. The van der Waals surface area contributed by atoms with Gasteiger partial charge in [0.1, 0.15) is 10.2 Å². The third kappa shape index (κ3) is 2.31. The van der Waals surface area contributed by atoms with E-state index >= 15 is 0 Å². The van der Waals surface area contributed by atoms with Gasteiger partial charge in [-0.15, -0.1) is 0 Å². The summed E-state index contributed by atoms with van der Waals surface area (Å²) in [5.74, 6) is 0.160. The molecule has 5 nitrogen and oxygen atoms in total. The van der Waals surface area contributed by atoms with E-state index in [1.165, 1.54) is 0 Å². The molecule has 2 aliphatic rings. The molecule has 2 heterocycles. The molecule has 0 aromatic carbocycles. The van der Waals surface area contributed by atoms with Gasteiger partial charge < -0.3 is 14.5 Å². The summed E-state index contributed by atoms with van der Waals surface area (Å²) in [6, 6.07) is 0. The van der Waals surface area contributed by atoms with E-state index in [-0.39, 0.29) is 18.1 Å². The number of oxime groups is 1. The maximum atomic E-state index is 11.8. The van der Waals surface area contributed by atoms with E-state index in [9.17, 15) is 4.79 Å². The summed E-state index contributed by atoms with van der Waals surface area (Å²) >= 11 is 3.33. The zero-order valence-electron chi connectivity index (χ0n) is 9.57. The average molecular weight is 291 g/mol. The fourth-order valence-corrected chi connectivity index (χ4v) is 2.29. The van der Waals surface area contributed by atoms with Crippen LogP contribution in [0.3, 0.4) is 0 Å². The number of ether oxygens (including phenoxy) is 1. The SMILES string of the molecule is CC(C)(C)OC(=O)N1C[C@@H]2ON=C(Br)[C@@H]2C1. The van der Waals surface area contributed by atoms with Crippen LogP contribution in [-0.2, 0) is 9.57 Å². The second-order valence-corrected chi connectivity index (χ2v) is 5.86. The van der Waals surface area contributed by atoms with Crippen LogP contribution in [0.1, 0.15) is 20.8 Å². The molecule has 2 rings (SSSR count). The summed E-state index contributed by atoms with van der Waals surface area (Å²) in [4.78, 5) is 18.6. The molecule has 6 heteroatoms. The van der Waals surface area contributed by atoms with Crippen molar-refractivity contribution in [2.45, 2.75) is 32.5 Å². The van der Waals surface area contributed by atoms with Crippen molar-refractivity contribution in [3.8, 4) is 0 Å². The number of likely N-dealkylation sites (tertiary alicyclic amines) is 1. The van der Waals surface area contributed by atoms with Crippen molar-refractivity contribution in [1.82, 2.24) is 4.90 Å². The fourth-order valence-electron chi connectivity index (χ4n) is 1.77. The lowest BCUT2D eigenvalue weighted by Crippen LogP contribution is -2.36. The van der Waals surface area contributed by atoms with Crippen molar-refractivity contribution in [3.05, 3.63) is 0 Å². The van der Waals surface area contributed by atoms with Gasteiger partial charge in [-0.1, -0.05) is 5.16 Å². The second kappa shape index (κ2) is 3.91. The van der Waals surface area contributed by atoms with E-state index in [0.29, 0.717) is 13.1 Å². The molecule has 0 unspecified atom stereocenters. The number of fused-ring (bicyclic) bond motifs is 1. The molecule has 1 fully saturated rings. The van der Waals surface area contributed by atoms with Crippen LogP contribution in [0.15, 0.2) is 5.16 Å². The highest BCUT2D eigenvalue weighted by atomic mass is 79.9. The Morgan fingerprint density at radius 3 is 2.81 bits per heavy atom. The molecule has 2 atom stereocenters. The Morgan fingerprint density at radius 2 is 2.25 bits per heavy atom. The molecular weight excluding hydrogens is 276 g/mol. The predicted octanol–water partition coefficient (Wildman–Crippen LogP) is 1.96. The number of hydrogen-bond acceptors (Lipinski definition) is 4. The van der Waals surface area contributed by atoms with Crippen molar-refractivity contribution in [1.29, 1.82) is 0 Å². The van der Waals surface area contributed by atoms with Crippen LogP contribution in [0.25, 0.3) is 0 Å². The predicted molar refractivity (Wildman–Crippen MR) is 62.5 cm³/mol. The zero-order chi connectivity index (χ0) is 11.9. The standard InChI is InChI=1S/C10H15BrN2O3/c1-10(2,3)15-9(14)13-4-6-7(5-13)16-12-8(6)11/h6-7H,4-5H2,1-3H3/t6-,7+/m1/s1. The first kappa shape index (κ1) is 11.7. The van der Waals surface area contributed by atoms with Crippen LogP contribution in [0.2, 0.25) is 0 Å². The molecule has 0 aromatic rings. The summed E-state index contributed by atoms with van der Waals surface area (Å²) < 4.78 is 6.08. The van der Waals surface area contributed by atoms with Crippen molar-refractivity contribution < 1.29 is 14.4 Å². The van der Waals surface area contributed by atoms with Crippen LogP contribution in [-0.4, -0.2) is 40.4 Å². The highest BCUT2D eigenvalue weighted by Crippen LogP contribution is 2.30. The van der Waals surface area contributed by atoms with E-state index in [2.05, 4.69) is 21.1 Å². The lowest BCUT2D eigenvalue weighted by molar-refractivity contribution is 0.0228. The highest BCUT2D eigenvalue weighted by molar-refractivity contribution is 9.18. The summed E-state index contributed by atoms with van der Waals surface area (Å²) in [7, 11) is 0. The summed E-state index contributed by atoms with van der Waals surface area (Å²) in [6.45, 7) is 6.71. The molecule has 2 aliphatic heterocycles. The van der Waals surface area contributed by atoms with E-state index < -0.39 is 5.60 Å². The van der Waals surface area contributed by atoms with Gasteiger partial charge >= 0.3 is 6.09 Å². The molecule has 90 valence electrons. The van der Waals surface area contributed by atoms with Gasteiger partial charge in [0.15, 0.2) is 6.10 Å². The average Bonchev–Trinajstić information content (AvgIpc) is 2.65. The lowest BCUT2D eigenvalue weighted by Gasteiger charge is -2.24. The van der Waals surface area contributed by atoms with Gasteiger partial charge in [-0.25, -0.2) is 4.79 Å². The molecule has 1 amide bonds. The summed E-state index contributed by atoms with van der Waals surface area (Å²) in [5, 5.41) is 3.84. The number of halogens is 1. The first-order valence-electron chi connectivity index (χ1n) is 5.24. The largest absolute Gasteiger partial charge is 0.444 e. The Kier molecular flexibility index (Phi) is 2.86. The van der Waals surface area contributed by atoms with Gasteiger partial charge in [-0.2, -0.15) is 0 Å². The van der Waals surface area contributed by atoms with E-state index in [1.54, 1.807) is 4.90 Å². The Labute approximate surface area is 103 Å². The third-order valence-electron chi connectivity index (χ3n) is 2.50. The van der Waals surface area contributed by atoms with Crippen molar-refractivity contribution in [2.24, 2.45) is 11.1 Å². The first-order chi connectivity index (χ1) is 7.37. The van der Waals surface area contributed by atoms with E-state index in [4.69, 9.17) is 9.57 Å². The van der Waals surface area contributed by atoms with Gasteiger partial charge in [-0.3, -0.25) is 0 Å².